The predicted octanol–water partition coefficient (Wildman–Crippen LogP) is 1.44. The van der Waals surface area contributed by atoms with Crippen molar-refractivity contribution in [2.24, 2.45) is 5.73 Å². The molecule has 5 nitrogen and oxygen atoms in total. The van der Waals surface area contributed by atoms with Crippen LogP contribution in [-0.4, -0.2) is 20.5 Å². The van der Waals surface area contributed by atoms with Crippen molar-refractivity contribution in [1.29, 1.82) is 0 Å². The summed E-state index contributed by atoms with van der Waals surface area (Å²) in [5.41, 5.74) is 4.66. The third-order valence-electron chi connectivity index (χ3n) is 2.45. The molecule has 1 atom stereocenters. The van der Waals surface area contributed by atoms with Crippen molar-refractivity contribution in [3.05, 3.63) is 35.8 Å². The quantitative estimate of drug-likeness (QED) is 0.855. The first-order chi connectivity index (χ1) is 8.30. The summed E-state index contributed by atoms with van der Waals surface area (Å²) in [4.78, 5) is 14.5. The summed E-state index contributed by atoms with van der Waals surface area (Å²) in [5, 5.41) is 8.75. The van der Waals surface area contributed by atoms with Crippen LogP contribution >= 0.6 is 0 Å². The van der Waals surface area contributed by atoms with Crippen LogP contribution in [-0.2, 0) is 11.0 Å². The van der Waals surface area contributed by atoms with Crippen LogP contribution in [0.25, 0.3) is 5.65 Å². The molecule has 2 aromatic heterocycles. The number of halogens is 3. The number of pyridine rings is 1. The summed E-state index contributed by atoms with van der Waals surface area (Å²) in [6.07, 6.45) is -2.59. The molecule has 3 N–H and O–H groups in total. The normalized spacial score (nSPS) is 13.8. The number of nitrogens with zero attached hydrogens (tertiary/aromatic N) is 2. The van der Waals surface area contributed by atoms with Crippen molar-refractivity contribution in [3.63, 3.8) is 0 Å². The lowest BCUT2D eigenvalue weighted by Gasteiger charge is -2.09. The van der Waals surface area contributed by atoms with Crippen LogP contribution in [0.15, 0.2) is 24.5 Å². The molecule has 0 aliphatic rings. The van der Waals surface area contributed by atoms with E-state index < -0.39 is 23.8 Å². The van der Waals surface area contributed by atoms with Crippen LogP contribution in [0.1, 0.15) is 17.3 Å². The molecule has 0 spiro atoms. The van der Waals surface area contributed by atoms with Gasteiger partial charge in [0.25, 0.3) is 0 Å². The summed E-state index contributed by atoms with van der Waals surface area (Å²) in [6.45, 7) is 0. The smallest absolute Gasteiger partial charge is 0.417 e. The summed E-state index contributed by atoms with van der Waals surface area (Å²) >= 11 is 0. The molecule has 0 aliphatic heterocycles. The second-order valence-corrected chi connectivity index (χ2v) is 3.64. The summed E-state index contributed by atoms with van der Waals surface area (Å²) < 4.78 is 38.6. The van der Waals surface area contributed by atoms with E-state index in [2.05, 4.69) is 4.98 Å². The van der Waals surface area contributed by atoms with E-state index in [1.165, 1.54) is 0 Å². The molecule has 0 fully saturated rings. The molecule has 2 aromatic rings. The van der Waals surface area contributed by atoms with Gasteiger partial charge in [-0.15, -0.1) is 0 Å². The van der Waals surface area contributed by atoms with Gasteiger partial charge < -0.3 is 15.2 Å². The number of carboxylic acid groups (broad SMARTS) is 1. The van der Waals surface area contributed by atoms with Crippen molar-refractivity contribution in [1.82, 2.24) is 9.38 Å². The molecule has 8 heteroatoms. The summed E-state index contributed by atoms with van der Waals surface area (Å²) in [5.74, 6) is -1.34. The van der Waals surface area contributed by atoms with E-state index in [1.807, 2.05) is 0 Å². The van der Waals surface area contributed by atoms with Crippen molar-refractivity contribution in [2.75, 3.05) is 0 Å². The Balaban J connectivity index is 2.60. The molecule has 2 rings (SSSR count). The van der Waals surface area contributed by atoms with Crippen molar-refractivity contribution < 1.29 is 23.1 Å². The maximum Gasteiger partial charge on any atom is 0.417 e. The maximum absolute atomic E-state index is 12.5. The van der Waals surface area contributed by atoms with E-state index in [1.54, 1.807) is 0 Å². The van der Waals surface area contributed by atoms with E-state index >= 15 is 0 Å². The molecule has 2 heterocycles. The van der Waals surface area contributed by atoms with Crippen LogP contribution in [0, 0.1) is 0 Å². The highest BCUT2D eigenvalue weighted by Gasteiger charge is 2.31. The van der Waals surface area contributed by atoms with Crippen molar-refractivity contribution in [3.8, 4) is 0 Å². The number of carboxylic acids is 1. The number of fused-ring (bicyclic) bond motifs is 1. The van der Waals surface area contributed by atoms with Crippen LogP contribution in [0.4, 0.5) is 13.2 Å². The SMILES string of the molecule is NC(C(=O)O)c1cnc2ccc(C(F)(F)F)cn12. The van der Waals surface area contributed by atoms with Gasteiger partial charge in [-0.1, -0.05) is 0 Å². The molecular weight excluding hydrogens is 251 g/mol. The Bertz CT molecular complexity index is 606. The Morgan fingerprint density at radius 1 is 1.44 bits per heavy atom. The third-order valence-corrected chi connectivity index (χ3v) is 2.45. The first-order valence-electron chi connectivity index (χ1n) is 4.83. The zero-order valence-corrected chi connectivity index (χ0v) is 8.85. The number of hydrogen-bond acceptors (Lipinski definition) is 3. The van der Waals surface area contributed by atoms with Gasteiger partial charge in [0.2, 0.25) is 0 Å². The number of aromatic nitrogens is 2. The van der Waals surface area contributed by atoms with Gasteiger partial charge in [0.05, 0.1) is 17.5 Å². The lowest BCUT2D eigenvalue weighted by atomic mass is 10.2. The van der Waals surface area contributed by atoms with E-state index in [4.69, 9.17) is 10.8 Å². The van der Waals surface area contributed by atoms with Gasteiger partial charge in [0.15, 0.2) is 0 Å². The topological polar surface area (TPSA) is 80.6 Å². The Labute approximate surface area is 98.7 Å². The molecule has 0 radical (unpaired) electrons. The molecule has 18 heavy (non-hydrogen) atoms. The minimum Gasteiger partial charge on any atom is -0.480 e. The lowest BCUT2D eigenvalue weighted by Crippen LogP contribution is -2.22. The summed E-state index contributed by atoms with van der Waals surface area (Å²) in [6, 6.07) is 0.600. The Morgan fingerprint density at radius 3 is 2.67 bits per heavy atom. The van der Waals surface area contributed by atoms with E-state index in [-0.39, 0.29) is 11.3 Å². The molecule has 0 bridgehead atoms. The highest BCUT2D eigenvalue weighted by molar-refractivity contribution is 5.75. The second-order valence-electron chi connectivity index (χ2n) is 3.64. The Kier molecular flexibility index (Phi) is 2.74. The first-order valence-corrected chi connectivity index (χ1v) is 4.83. The maximum atomic E-state index is 12.5. The molecule has 1 unspecified atom stereocenters. The van der Waals surface area contributed by atoms with Crippen LogP contribution in [0.5, 0.6) is 0 Å². The predicted molar refractivity (Wildman–Crippen MR) is 54.8 cm³/mol. The largest absolute Gasteiger partial charge is 0.480 e. The molecule has 0 aromatic carbocycles. The summed E-state index contributed by atoms with van der Waals surface area (Å²) in [7, 11) is 0. The number of alkyl halides is 3. The van der Waals surface area contributed by atoms with Crippen molar-refractivity contribution >= 4 is 11.6 Å². The van der Waals surface area contributed by atoms with Crippen LogP contribution in [0.3, 0.4) is 0 Å². The number of aliphatic carboxylic acids is 1. The van der Waals surface area contributed by atoms with Crippen molar-refractivity contribution in [2.45, 2.75) is 12.2 Å². The van der Waals surface area contributed by atoms with Gasteiger partial charge in [-0.25, -0.2) is 4.98 Å². The molecular formula is C10H8F3N3O2. The average Bonchev–Trinajstić information content (AvgIpc) is 2.69. The number of imidazole rings is 1. The van der Waals surface area contributed by atoms with E-state index in [9.17, 15) is 18.0 Å². The third kappa shape index (κ3) is 2.02. The standard InChI is InChI=1S/C10H8F3N3O2/c11-10(12,13)5-1-2-7-15-3-6(16(7)4-5)8(14)9(17)18/h1-4,8H,14H2,(H,17,18). The first kappa shape index (κ1) is 12.4. The number of carbonyl (C=O) groups is 1. The minimum atomic E-state index is -4.51. The average molecular weight is 259 g/mol. The highest BCUT2D eigenvalue weighted by atomic mass is 19.4. The molecule has 0 aliphatic carbocycles. The van der Waals surface area contributed by atoms with E-state index in [0.29, 0.717) is 0 Å². The Hall–Kier alpha value is -2.09. The zero-order valence-electron chi connectivity index (χ0n) is 8.85. The van der Waals surface area contributed by atoms with E-state index in [0.717, 1.165) is 28.9 Å². The van der Waals surface area contributed by atoms with Gasteiger partial charge in [0.1, 0.15) is 11.7 Å². The fraction of sp³-hybridized carbons (Fsp3) is 0.200. The number of rotatable bonds is 2. The van der Waals surface area contributed by atoms with Gasteiger partial charge in [0, 0.05) is 6.20 Å². The molecule has 0 saturated carbocycles. The molecule has 0 amide bonds. The fourth-order valence-corrected chi connectivity index (χ4v) is 1.52. The van der Waals surface area contributed by atoms with Gasteiger partial charge >= 0.3 is 12.1 Å². The zero-order chi connectivity index (χ0) is 13.5. The van der Waals surface area contributed by atoms with Gasteiger partial charge in [-0.2, -0.15) is 13.2 Å². The van der Waals surface area contributed by atoms with Gasteiger partial charge in [-0.05, 0) is 12.1 Å². The number of hydrogen-bond donors (Lipinski definition) is 2. The second kappa shape index (κ2) is 3.98. The number of nitrogens with two attached hydrogens (primary N) is 1. The highest BCUT2D eigenvalue weighted by Crippen LogP contribution is 2.29. The molecule has 0 saturated heterocycles. The molecule has 96 valence electrons. The van der Waals surface area contributed by atoms with Crippen LogP contribution in [0.2, 0.25) is 0 Å². The van der Waals surface area contributed by atoms with Gasteiger partial charge in [-0.3, -0.25) is 4.79 Å². The fourth-order valence-electron chi connectivity index (χ4n) is 1.52. The monoisotopic (exact) mass is 259 g/mol. The lowest BCUT2D eigenvalue weighted by molar-refractivity contribution is -0.139. The van der Waals surface area contributed by atoms with Crippen LogP contribution < -0.4 is 5.73 Å². The minimum absolute atomic E-state index is 0.0106. The Morgan fingerprint density at radius 2 is 2.11 bits per heavy atom.